The quantitative estimate of drug-likeness (QED) is 0.533. The molecule has 48 valence electrons. The normalized spacial score (nSPS) is 39.4. The van der Waals surface area contributed by atoms with Gasteiger partial charge in [0.1, 0.15) is 0 Å². The van der Waals surface area contributed by atoms with Gasteiger partial charge in [0.15, 0.2) is 0 Å². The van der Waals surface area contributed by atoms with Gasteiger partial charge in [-0.3, -0.25) is 0 Å². The smallest absolute Gasteiger partial charge is 0.0543 e. The summed E-state index contributed by atoms with van der Waals surface area (Å²) in [5.41, 5.74) is 0. The lowest BCUT2D eigenvalue weighted by atomic mass is 10.2. The van der Waals surface area contributed by atoms with E-state index < -0.39 is 0 Å². The number of aliphatic hydroxyl groups is 2. The maximum absolute atomic E-state index is 8.88. The van der Waals surface area contributed by atoms with E-state index in [9.17, 15) is 0 Å². The van der Waals surface area contributed by atoms with Crippen LogP contribution in [0.25, 0.3) is 0 Å². The molecule has 1 rings (SSSR count). The standard InChI is InChI=1S/C6H12O2/c1-4(8)6-2-5(6)3-7/h4-8H,2-3H2,1H3/t4?,5-,6+/m0/s1. The highest BCUT2D eigenvalue weighted by Crippen LogP contribution is 2.40. The van der Waals surface area contributed by atoms with Crippen molar-refractivity contribution in [1.82, 2.24) is 0 Å². The van der Waals surface area contributed by atoms with Crippen molar-refractivity contribution in [3.63, 3.8) is 0 Å². The maximum atomic E-state index is 8.88. The van der Waals surface area contributed by atoms with Crippen molar-refractivity contribution in [3.05, 3.63) is 0 Å². The molecule has 1 aliphatic carbocycles. The molecule has 3 atom stereocenters. The summed E-state index contributed by atoms with van der Waals surface area (Å²) in [4.78, 5) is 0. The first kappa shape index (κ1) is 6.05. The number of hydrogen-bond donors (Lipinski definition) is 2. The maximum Gasteiger partial charge on any atom is 0.0543 e. The second kappa shape index (κ2) is 2.03. The summed E-state index contributed by atoms with van der Waals surface area (Å²) in [6.07, 6.45) is 0.792. The predicted molar refractivity (Wildman–Crippen MR) is 30.4 cm³/mol. The fraction of sp³-hybridized carbons (Fsp3) is 1.00. The van der Waals surface area contributed by atoms with Crippen LogP contribution in [-0.4, -0.2) is 22.9 Å². The van der Waals surface area contributed by atoms with Gasteiger partial charge in [-0.05, 0) is 25.2 Å². The molecule has 8 heavy (non-hydrogen) atoms. The molecule has 2 heteroatoms. The Morgan fingerprint density at radius 3 is 2.50 bits per heavy atom. The summed E-state index contributed by atoms with van der Waals surface area (Å²) in [6, 6.07) is 0. The minimum atomic E-state index is -0.216. The Bertz CT molecular complexity index is 80.6. The average Bonchev–Trinajstić information content (AvgIpc) is 2.42. The highest BCUT2D eigenvalue weighted by Gasteiger charge is 2.39. The summed E-state index contributed by atoms with van der Waals surface area (Å²) in [7, 11) is 0. The van der Waals surface area contributed by atoms with Gasteiger partial charge in [0.2, 0.25) is 0 Å². The third-order valence-corrected chi connectivity index (χ3v) is 1.83. The lowest BCUT2D eigenvalue weighted by molar-refractivity contribution is 0.153. The van der Waals surface area contributed by atoms with Crippen LogP contribution in [0.4, 0.5) is 0 Å². The van der Waals surface area contributed by atoms with Gasteiger partial charge in [0.05, 0.1) is 6.10 Å². The molecule has 0 amide bonds. The third kappa shape index (κ3) is 1.01. The Morgan fingerprint density at radius 1 is 1.75 bits per heavy atom. The monoisotopic (exact) mass is 116 g/mol. The molecule has 1 aliphatic rings. The van der Waals surface area contributed by atoms with Crippen LogP contribution in [-0.2, 0) is 0 Å². The van der Waals surface area contributed by atoms with Crippen LogP contribution in [0.1, 0.15) is 13.3 Å². The lowest BCUT2D eigenvalue weighted by Crippen LogP contribution is -2.05. The summed E-state index contributed by atoms with van der Waals surface area (Å²) < 4.78 is 0. The van der Waals surface area contributed by atoms with E-state index in [1.54, 1.807) is 6.92 Å². The molecule has 0 aliphatic heterocycles. The summed E-state index contributed by atoms with van der Waals surface area (Å²) >= 11 is 0. The van der Waals surface area contributed by atoms with Crippen LogP contribution in [0.3, 0.4) is 0 Å². The van der Waals surface area contributed by atoms with Gasteiger partial charge >= 0.3 is 0 Å². The summed E-state index contributed by atoms with van der Waals surface area (Å²) in [6.45, 7) is 2.02. The molecule has 0 spiro atoms. The SMILES string of the molecule is CC(O)[C@H]1C[C@H]1CO. The van der Waals surface area contributed by atoms with Gasteiger partial charge < -0.3 is 10.2 Å². The van der Waals surface area contributed by atoms with Gasteiger partial charge in [-0.2, -0.15) is 0 Å². The Hall–Kier alpha value is -0.0800. The minimum absolute atomic E-state index is 0.216. The van der Waals surface area contributed by atoms with E-state index in [0.717, 1.165) is 6.42 Å². The van der Waals surface area contributed by atoms with Crippen LogP contribution in [0.15, 0.2) is 0 Å². The van der Waals surface area contributed by atoms with E-state index in [0.29, 0.717) is 11.8 Å². The molecule has 1 unspecified atom stereocenters. The predicted octanol–water partition coefficient (Wildman–Crippen LogP) is -0.00440. The van der Waals surface area contributed by atoms with Crippen LogP contribution < -0.4 is 0 Å². The van der Waals surface area contributed by atoms with Crippen LogP contribution in [0.5, 0.6) is 0 Å². The van der Waals surface area contributed by atoms with E-state index in [-0.39, 0.29) is 12.7 Å². The van der Waals surface area contributed by atoms with E-state index in [1.807, 2.05) is 0 Å². The van der Waals surface area contributed by atoms with E-state index in [4.69, 9.17) is 10.2 Å². The van der Waals surface area contributed by atoms with Crippen LogP contribution >= 0.6 is 0 Å². The molecule has 0 aromatic carbocycles. The Balaban J connectivity index is 2.16. The topological polar surface area (TPSA) is 40.5 Å². The van der Waals surface area contributed by atoms with Gasteiger partial charge in [-0.15, -0.1) is 0 Å². The van der Waals surface area contributed by atoms with Gasteiger partial charge in [-0.1, -0.05) is 0 Å². The summed E-state index contributed by atoms with van der Waals surface area (Å²) in [5, 5.41) is 17.4. The highest BCUT2D eigenvalue weighted by atomic mass is 16.3. The Labute approximate surface area is 49.1 Å². The van der Waals surface area contributed by atoms with Crippen LogP contribution in [0.2, 0.25) is 0 Å². The molecule has 0 bridgehead atoms. The molecular weight excluding hydrogens is 104 g/mol. The number of aliphatic hydroxyl groups excluding tert-OH is 2. The summed E-state index contributed by atoms with van der Waals surface area (Å²) in [5.74, 6) is 0.787. The zero-order valence-electron chi connectivity index (χ0n) is 5.04. The molecule has 2 N–H and O–H groups in total. The largest absolute Gasteiger partial charge is 0.396 e. The Kier molecular flexibility index (Phi) is 1.54. The fourth-order valence-corrected chi connectivity index (χ4v) is 1.07. The third-order valence-electron chi connectivity index (χ3n) is 1.83. The molecule has 1 saturated carbocycles. The molecular formula is C6H12O2. The van der Waals surface area contributed by atoms with Crippen molar-refractivity contribution in [2.75, 3.05) is 6.61 Å². The van der Waals surface area contributed by atoms with Crippen molar-refractivity contribution in [3.8, 4) is 0 Å². The zero-order chi connectivity index (χ0) is 6.15. The first-order valence-corrected chi connectivity index (χ1v) is 3.04. The first-order chi connectivity index (χ1) is 3.75. The van der Waals surface area contributed by atoms with Gasteiger partial charge in [-0.25, -0.2) is 0 Å². The first-order valence-electron chi connectivity index (χ1n) is 3.04. The number of hydrogen-bond acceptors (Lipinski definition) is 2. The van der Waals surface area contributed by atoms with Crippen molar-refractivity contribution >= 4 is 0 Å². The molecule has 0 radical (unpaired) electrons. The van der Waals surface area contributed by atoms with Crippen LogP contribution in [0, 0.1) is 11.8 Å². The van der Waals surface area contributed by atoms with Gasteiger partial charge in [0.25, 0.3) is 0 Å². The molecule has 0 aromatic heterocycles. The van der Waals surface area contributed by atoms with Crippen molar-refractivity contribution in [2.45, 2.75) is 19.4 Å². The second-order valence-electron chi connectivity index (χ2n) is 2.58. The molecule has 0 heterocycles. The molecule has 1 fully saturated rings. The van der Waals surface area contributed by atoms with Crippen molar-refractivity contribution < 1.29 is 10.2 Å². The molecule has 2 nitrogen and oxygen atoms in total. The van der Waals surface area contributed by atoms with Crippen molar-refractivity contribution in [1.29, 1.82) is 0 Å². The zero-order valence-corrected chi connectivity index (χ0v) is 5.04. The van der Waals surface area contributed by atoms with Gasteiger partial charge in [0, 0.05) is 6.61 Å². The van der Waals surface area contributed by atoms with E-state index in [1.165, 1.54) is 0 Å². The average molecular weight is 116 g/mol. The van der Waals surface area contributed by atoms with E-state index in [2.05, 4.69) is 0 Å². The van der Waals surface area contributed by atoms with E-state index >= 15 is 0 Å². The second-order valence-corrected chi connectivity index (χ2v) is 2.58. The molecule has 0 saturated heterocycles. The fourth-order valence-electron chi connectivity index (χ4n) is 1.07. The Morgan fingerprint density at radius 2 is 2.38 bits per heavy atom. The highest BCUT2D eigenvalue weighted by molar-refractivity contribution is 4.88. The number of rotatable bonds is 2. The van der Waals surface area contributed by atoms with Crippen molar-refractivity contribution in [2.24, 2.45) is 11.8 Å². The lowest BCUT2D eigenvalue weighted by Gasteiger charge is -1.98. The molecule has 0 aromatic rings. The minimum Gasteiger partial charge on any atom is -0.396 e.